The second kappa shape index (κ2) is 15.8. The predicted octanol–water partition coefficient (Wildman–Crippen LogP) is 7.48. The van der Waals surface area contributed by atoms with E-state index in [-0.39, 0.29) is 17.9 Å². The summed E-state index contributed by atoms with van der Waals surface area (Å²) in [5.74, 6) is -1.26. The quantitative estimate of drug-likeness (QED) is 0.154. The molecule has 0 aliphatic rings. The SMILES string of the molecule is CCCNC(=O)[C@H](Cc1ccccc1)N(Cc1cccc(Br)c1)C(=O)CN(c1ccc(Cl)c(C(F)(F)F)c1)S(=O)(=O)c1ccccc1. The molecule has 0 heterocycles. The summed E-state index contributed by atoms with van der Waals surface area (Å²) in [4.78, 5) is 29.2. The fourth-order valence-electron chi connectivity index (χ4n) is 4.89. The lowest BCUT2D eigenvalue weighted by molar-refractivity contribution is -0.140. The fourth-order valence-corrected chi connectivity index (χ4v) is 6.98. The molecule has 0 bridgehead atoms. The third kappa shape index (κ3) is 9.36. The Hall–Kier alpha value is -3.87. The molecule has 2 amide bonds. The second-order valence-corrected chi connectivity index (χ2v) is 13.8. The molecule has 4 aromatic carbocycles. The summed E-state index contributed by atoms with van der Waals surface area (Å²) in [5.41, 5.74) is -0.296. The number of halogens is 5. The predicted molar refractivity (Wildman–Crippen MR) is 179 cm³/mol. The number of sulfonamides is 1. The lowest BCUT2D eigenvalue weighted by Gasteiger charge is -2.34. The topological polar surface area (TPSA) is 86.8 Å². The first kappa shape index (κ1) is 36.0. The molecular formula is C34H32BrClF3N3O4S. The van der Waals surface area contributed by atoms with Crippen LogP contribution in [0.3, 0.4) is 0 Å². The molecule has 0 aromatic heterocycles. The van der Waals surface area contributed by atoms with Gasteiger partial charge in [0.2, 0.25) is 11.8 Å². The van der Waals surface area contributed by atoms with Crippen LogP contribution in [0.15, 0.2) is 112 Å². The standard InChI is InChI=1S/C34H32BrClF3N3O4S/c1-2-18-40-33(44)31(20-24-10-5-3-6-11-24)41(22-25-12-9-13-26(35)19-25)32(43)23-42(47(45,46)28-14-7-4-8-15-28)27-16-17-30(36)29(21-27)34(37,38)39/h3-17,19,21,31H,2,18,20,22-23H2,1H3,(H,40,44)/t31-/m0/s1. The van der Waals surface area contributed by atoms with E-state index in [1.54, 1.807) is 54.6 Å². The van der Waals surface area contributed by atoms with E-state index in [1.165, 1.54) is 29.2 Å². The van der Waals surface area contributed by atoms with Crippen LogP contribution in [0.5, 0.6) is 0 Å². The molecular weight excluding hydrogens is 719 g/mol. The third-order valence-corrected chi connectivity index (χ3v) is 9.83. The highest BCUT2D eigenvalue weighted by molar-refractivity contribution is 9.10. The highest BCUT2D eigenvalue weighted by Gasteiger charge is 2.37. The maximum atomic E-state index is 14.4. The van der Waals surface area contributed by atoms with Gasteiger partial charge in [0.1, 0.15) is 12.6 Å². The number of alkyl halides is 3. The van der Waals surface area contributed by atoms with Crippen LogP contribution in [0.25, 0.3) is 0 Å². The number of benzene rings is 4. The number of hydrogen-bond acceptors (Lipinski definition) is 4. The number of carbonyl (C=O) groups is 2. The summed E-state index contributed by atoms with van der Waals surface area (Å²) >= 11 is 9.28. The molecule has 7 nitrogen and oxygen atoms in total. The van der Waals surface area contributed by atoms with Gasteiger partial charge in [0.25, 0.3) is 10.0 Å². The lowest BCUT2D eigenvalue weighted by atomic mass is 10.0. The first-order valence-electron chi connectivity index (χ1n) is 14.6. The summed E-state index contributed by atoms with van der Waals surface area (Å²) in [6, 6.07) is 24.7. The van der Waals surface area contributed by atoms with E-state index in [2.05, 4.69) is 21.2 Å². The molecule has 0 radical (unpaired) electrons. The number of hydrogen-bond donors (Lipinski definition) is 1. The first-order valence-corrected chi connectivity index (χ1v) is 17.2. The zero-order valence-electron chi connectivity index (χ0n) is 25.3. The molecule has 0 spiro atoms. The summed E-state index contributed by atoms with van der Waals surface area (Å²) < 4.78 is 71.1. The average molecular weight is 751 g/mol. The van der Waals surface area contributed by atoms with Gasteiger partial charge in [-0.2, -0.15) is 13.2 Å². The van der Waals surface area contributed by atoms with Crippen molar-refractivity contribution in [3.8, 4) is 0 Å². The smallest absolute Gasteiger partial charge is 0.354 e. The van der Waals surface area contributed by atoms with Crippen LogP contribution in [0.1, 0.15) is 30.0 Å². The van der Waals surface area contributed by atoms with Crippen LogP contribution in [0, 0.1) is 0 Å². The van der Waals surface area contributed by atoms with Crippen LogP contribution in [0.2, 0.25) is 5.02 Å². The number of nitrogens with zero attached hydrogens (tertiary/aromatic N) is 2. The molecule has 0 fully saturated rings. The zero-order valence-corrected chi connectivity index (χ0v) is 28.4. The van der Waals surface area contributed by atoms with E-state index in [1.807, 2.05) is 13.0 Å². The van der Waals surface area contributed by atoms with Gasteiger partial charge >= 0.3 is 6.18 Å². The van der Waals surface area contributed by atoms with Gasteiger partial charge in [-0.3, -0.25) is 13.9 Å². The Morgan fingerprint density at radius 3 is 2.15 bits per heavy atom. The molecule has 1 atom stereocenters. The molecule has 13 heteroatoms. The molecule has 0 unspecified atom stereocenters. The molecule has 0 saturated heterocycles. The van der Waals surface area contributed by atoms with E-state index in [4.69, 9.17) is 11.6 Å². The Morgan fingerprint density at radius 1 is 0.894 bits per heavy atom. The minimum Gasteiger partial charge on any atom is -0.354 e. The van der Waals surface area contributed by atoms with Gasteiger partial charge in [0.05, 0.1) is 21.2 Å². The van der Waals surface area contributed by atoms with Crippen molar-refractivity contribution >= 4 is 55.1 Å². The van der Waals surface area contributed by atoms with Crippen molar-refractivity contribution in [1.82, 2.24) is 10.2 Å². The van der Waals surface area contributed by atoms with Gasteiger partial charge in [-0.05, 0) is 60.0 Å². The molecule has 4 rings (SSSR count). The van der Waals surface area contributed by atoms with Crippen molar-refractivity contribution in [1.29, 1.82) is 0 Å². The van der Waals surface area contributed by atoms with Crippen LogP contribution in [-0.2, 0) is 38.8 Å². The van der Waals surface area contributed by atoms with Gasteiger partial charge in [0, 0.05) is 24.0 Å². The first-order chi connectivity index (χ1) is 22.3. The summed E-state index contributed by atoms with van der Waals surface area (Å²) in [7, 11) is -4.59. The van der Waals surface area contributed by atoms with E-state index in [0.29, 0.717) is 33.4 Å². The maximum absolute atomic E-state index is 14.4. The maximum Gasteiger partial charge on any atom is 0.417 e. The monoisotopic (exact) mass is 749 g/mol. The fraction of sp³-hybridized carbons (Fsp3) is 0.235. The van der Waals surface area contributed by atoms with E-state index >= 15 is 0 Å². The molecule has 4 aromatic rings. The molecule has 47 heavy (non-hydrogen) atoms. The van der Waals surface area contributed by atoms with Crippen molar-refractivity contribution in [3.05, 3.63) is 129 Å². The number of nitrogens with one attached hydrogen (secondary N) is 1. The minimum atomic E-state index is -4.90. The van der Waals surface area contributed by atoms with Crippen LogP contribution >= 0.6 is 27.5 Å². The van der Waals surface area contributed by atoms with E-state index in [9.17, 15) is 31.2 Å². The molecule has 0 aliphatic heterocycles. The van der Waals surface area contributed by atoms with Crippen molar-refractivity contribution in [3.63, 3.8) is 0 Å². The highest BCUT2D eigenvalue weighted by Crippen LogP contribution is 2.38. The van der Waals surface area contributed by atoms with Crippen LogP contribution in [0.4, 0.5) is 18.9 Å². The zero-order chi connectivity index (χ0) is 34.2. The summed E-state index contributed by atoms with van der Waals surface area (Å²) in [6.45, 7) is 1.21. The summed E-state index contributed by atoms with van der Waals surface area (Å²) in [5, 5.41) is 2.21. The third-order valence-electron chi connectivity index (χ3n) is 7.22. The highest BCUT2D eigenvalue weighted by atomic mass is 79.9. The van der Waals surface area contributed by atoms with E-state index in [0.717, 1.165) is 17.7 Å². The van der Waals surface area contributed by atoms with Crippen molar-refractivity contribution in [2.24, 2.45) is 0 Å². The Labute approximate surface area is 285 Å². The van der Waals surface area contributed by atoms with Crippen LogP contribution in [-0.4, -0.2) is 44.3 Å². The van der Waals surface area contributed by atoms with Gasteiger partial charge < -0.3 is 10.2 Å². The molecule has 1 N–H and O–H groups in total. The van der Waals surface area contributed by atoms with Gasteiger partial charge in [-0.25, -0.2) is 8.42 Å². The van der Waals surface area contributed by atoms with E-state index < -0.39 is 56.9 Å². The lowest BCUT2D eigenvalue weighted by Crippen LogP contribution is -2.53. The van der Waals surface area contributed by atoms with Gasteiger partial charge in [-0.15, -0.1) is 0 Å². The largest absolute Gasteiger partial charge is 0.417 e. The van der Waals surface area contributed by atoms with Crippen molar-refractivity contribution in [2.45, 2.75) is 43.4 Å². The number of amides is 2. The number of carbonyl (C=O) groups excluding carboxylic acids is 2. The average Bonchev–Trinajstić information content (AvgIpc) is 3.04. The summed E-state index contributed by atoms with van der Waals surface area (Å²) in [6.07, 6.45) is -4.17. The van der Waals surface area contributed by atoms with Gasteiger partial charge in [-0.1, -0.05) is 95.1 Å². The second-order valence-electron chi connectivity index (χ2n) is 10.6. The Kier molecular flexibility index (Phi) is 12.1. The molecule has 0 saturated carbocycles. The molecule has 248 valence electrons. The number of rotatable bonds is 13. The van der Waals surface area contributed by atoms with Crippen LogP contribution < -0.4 is 9.62 Å². The Morgan fingerprint density at radius 2 is 1.53 bits per heavy atom. The molecule has 0 aliphatic carbocycles. The minimum absolute atomic E-state index is 0.0943. The Balaban J connectivity index is 1.85. The Bertz CT molecular complexity index is 1800. The van der Waals surface area contributed by atoms with Crippen molar-refractivity contribution in [2.75, 3.05) is 17.4 Å². The number of anilines is 1. The van der Waals surface area contributed by atoms with Crippen molar-refractivity contribution < 1.29 is 31.2 Å². The van der Waals surface area contributed by atoms with Gasteiger partial charge in [0.15, 0.2) is 0 Å². The normalized spacial score (nSPS) is 12.3.